The Kier molecular flexibility index (Phi) is 4.06. The molecule has 0 aliphatic heterocycles. The molecule has 0 amide bonds. The molecule has 0 aromatic carbocycles. The van der Waals surface area contributed by atoms with Crippen LogP contribution in [0.2, 0.25) is 5.15 Å². The van der Waals surface area contributed by atoms with E-state index in [-0.39, 0.29) is 5.97 Å². The highest BCUT2D eigenvalue weighted by molar-refractivity contribution is 14.1. The Morgan fingerprint density at radius 2 is 2.21 bits per heavy atom. The quantitative estimate of drug-likeness (QED) is 0.494. The third-order valence-electron chi connectivity index (χ3n) is 3.01. The molecule has 2 rings (SSSR count). The second kappa shape index (κ2) is 5.28. The van der Waals surface area contributed by atoms with Crippen molar-refractivity contribution in [1.29, 1.82) is 0 Å². The zero-order valence-corrected chi connectivity index (χ0v) is 13.8. The molecule has 4 nitrogen and oxygen atoms in total. The lowest BCUT2D eigenvalue weighted by Crippen LogP contribution is -2.28. The summed E-state index contributed by atoms with van der Waals surface area (Å²) >= 11 is 8.15. The molecule has 2 heterocycles. The molecule has 6 heteroatoms. The predicted octanol–water partition coefficient (Wildman–Crippen LogP) is 3.56. The van der Waals surface area contributed by atoms with Gasteiger partial charge in [0.05, 0.1) is 27.3 Å². The van der Waals surface area contributed by atoms with Crippen LogP contribution in [0.4, 0.5) is 0 Å². The number of carbonyl (C=O) groups is 1. The minimum atomic E-state index is -0.603. The van der Waals surface area contributed by atoms with Crippen LogP contribution in [0, 0.1) is 9.12 Å². The van der Waals surface area contributed by atoms with Crippen molar-refractivity contribution in [2.24, 2.45) is 5.41 Å². The summed E-state index contributed by atoms with van der Waals surface area (Å²) in [5.41, 5.74) is 2.13. The molecule has 19 heavy (non-hydrogen) atoms. The molecular weight excluding hydrogens is 379 g/mol. The lowest BCUT2D eigenvalue weighted by atomic mass is 9.86. The highest BCUT2D eigenvalue weighted by Gasteiger charge is 2.31. The highest BCUT2D eigenvalue weighted by Crippen LogP contribution is 2.31. The number of nitrogens with one attached hydrogen (secondary N) is 1. The van der Waals surface area contributed by atoms with Crippen LogP contribution in [-0.4, -0.2) is 23.0 Å². The largest absolute Gasteiger partial charge is 0.469 e. The third kappa shape index (κ3) is 2.86. The Bertz CT molecular complexity index is 637. The molecule has 0 saturated heterocycles. The average molecular weight is 393 g/mol. The number of hydrogen-bond donors (Lipinski definition) is 1. The Labute approximate surface area is 130 Å². The number of esters is 1. The van der Waals surface area contributed by atoms with Gasteiger partial charge in [0.25, 0.3) is 0 Å². The van der Waals surface area contributed by atoms with Gasteiger partial charge in [0.15, 0.2) is 0 Å². The minimum Gasteiger partial charge on any atom is -0.469 e. The van der Waals surface area contributed by atoms with E-state index in [1.54, 1.807) is 6.07 Å². The van der Waals surface area contributed by atoms with E-state index in [0.717, 1.165) is 20.3 Å². The molecule has 2 aromatic heterocycles. The molecule has 0 saturated carbocycles. The summed E-state index contributed by atoms with van der Waals surface area (Å²) in [4.78, 5) is 19.4. The molecule has 0 aliphatic carbocycles. The van der Waals surface area contributed by atoms with E-state index in [2.05, 4.69) is 32.6 Å². The third-order valence-corrected chi connectivity index (χ3v) is 4.14. The van der Waals surface area contributed by atoms with E-state index in [1.165, 1.54) is 7.11 Å². The summed E-state index contributed by atoms with van der Waals surface area (Å²) in [6.07, 6.45) is 0.547. The molecular formula is C13H14ClIN2O2. The zero-order valence-electron chi connectivity index (χ0n) is 10.9. The lowest BCUT2D eigenvalue weighted by molar-refractivity contribution is -0.150. The molecule has 0 aliphatic rings. The molecule has 0 unspecified atom stereocenters. The summed E-state index contributed by atoms with van der Waals surface area (Å²) in [7, 11) is 1.40. The van der Waals surface area contributed by atoms with Gasteiger partial charge in [-0.15, -0.1) is 0 Å². The van der Waals surface area contributed by atoms with Gasteiger partial charge in [-0.2, -0.15) is 0 Å². The fourth-order valence-electron chi connectivity index (χ4n) is 2.02. The van der Waals surface area contributed by atoms with Gasteiger partial charge in [-0.05, 0) is 55.0 Å². The fourth-order valence-corrected chi connectivity index (χ4v) is 2.90. The Balaban J connectivity index is 2.48. The molecule has 0 bridgehead atoms. The van der Waals surface area contributed by atoms with Crippen LogP contribution < -0.4 is 0 Å². The summed E-state index contributed by atoms with van der Waals surface area (Å²) < 4.78 is 5.81. The lowest BCUT2D eigenvalue weighted by Gasteiger charge is -2.21. The van der Waals surface area contributed by atoms with Crippen molar-refractivity contribution in [2.45, 2.75) is 20.3 Å². The minimum absolute atomic E-state index is 0.236. The topological polar surface area (TPSA) is 55.0 Å². The number of hydrogen-bond acceptors (Lipinski definition) is 3. The first-order valence-corrected chi connectivity index (χ1v) is 7.22. The van der Waals surface area contributed by atoms with E-state index in [9.17, 15) is 4.79 Å². The Morgan fingerprint density at radius 1 is 1.53 bits per heavy atom. The van der Waals surface area contributed by atoms with Crippen molar-refractivity contribution in [3.8, 4) is 0 Å². The van der Waals surface area contributed by atoms with Gasteiger partial charge in [-0.3, -0.25) is 4.79 Å². The van der Waals surface area contributed by atoms with Crippen LogP contribution in [0.25, 0.3) is 11.0 Å². The number of pyridine rings is 1. The molecule has 0 atom stereocenters. The maximum absolute atomic E-state index is 11.8. The molecule has 0 spiro atoms. The van der Waals surface area contributed by atoms with Gasteiger partial charge in [0.2, 0.25) is 0 Å². The summed E-state index contributed by atoms with van der Waals surface area (Å²) in [6, 6.07) is 3.63. The van der Waals surface area contributed by atoms with Crippen molar-refractivity contribution in [3.63, 3.8) is 0 Å². The first-order chi connectivity index (χ1) is 8.85. The van der Waals surface area contributed by atoms with Crippen LogP contribution in [0.15, 0.2) is 12.1 Å². The number of ether oxygens (including phenoxy) is 1. The van der Waals surface area contributed by atoms with E-state index in [1.807, 2.05) is 19.9 Å². The smallest absolute Gasteiger partial charge is 0.311 e. The predicted molar refractivity (Wildman–Crippen MR) is 83.3 cm³/mol. The molecule has 1 N–H and O–H groups in total. The van der Waals surface area contributed by atoms with Gasteiger partial charge in [0.1, 0.15) is 5.15 Å². The second-order valence-corrected chi connectivity index (χ2v) is 6.47. The van der Waals surface area contributed by atoms with Crippen LogP contribution in [0.3, 0.4) is 0 Å². The van der Waals surface area contributed by atoms with Gasteiger partial charge in [-0.25, -0.2) is 4.98 Å². The number of nitrogens with zero attached hydrogens (tertiary/aromatic N) is 1. The van der Waals surface area contributed by atoms with Gasteiger partial charge >= 0.3 is 5.97 Å². The molecule has 0 radical (unpaired) electrons. The van der Waals surface area contributed by atoms with Crippen molar-refractivity contribution < 1.29 is 9.53 Å². The normalized spacial score (nSPS) is 11.8. The number of aromatic nitrogens is 2. The number of fused-ring (bicyclic) bond motifs is 1. The monoisotopic (exact) mass is 392 g/mol. The van der Waals surface area contributed by atoms with Gasteiger partial charge in [0, 0.05) is 5.56 Å². The standard InChI is InChI=1S/C13H14ClIN2O2/c1-13(2,12(18)19-3)6-7-10-8(16-11(7)15)4-5-9(14)17-10/h4-5,16H,6H2,1-3H3. The van der Waals surface area contributed by atoms with Crippen molar-refractivity contribution in [3.05, 3.63) is 26.5 Å². The number of carbonyl (C=O) groups excluding carboxylic acids is 1. The average Bonchev–Trinajstić information content (AvgIpc) is 2.64. The molecule has 0 fully saturated rings. The number of rotatable bonds is 3. The molecule has 2 aromatic rings. The maximum Gasteiger partial charge on any atom is 0.311 e. The van der Waals surface area contributed by atoms with E-state index in [0.29, 0.717) is 11.6 Å². The number of methoxy groups -OCH3 is 1. The van der Waals surface area contributed by atoms with Gasteiger partial charge in [-0.1, -0.05) is 11.6 Å². The Hall–Kier alpha value is -0.820. The second-order valence-electron chi connectivity index (χ2n) is 5.00. The van der Waals surface area contributed by atoms with Gasteiger partial charge < -0.3 is 9.72 Å². The Morgan fingerprint density at radius 3 is 2.84 bits per heavy atom. The summed E-state index contributed by atoms with van der Waals surface area (Å²) in [6.45, 7) is 3.72. The first kappa shape index (κ1) is 14.6. The number of H-pyrrole nitrogens is 1. The summed E-state index contributed by atoms with van der Waals surface area (Å²) in [5.74, 6) is -0.236. The SMILES string of the molecule is COC(=O)C(C)(C)Cc1c(I)[nH]c2ccc(Cl)nc12. The zero-order chi connectivity index (χ0) is 14.2. The van der Waals surface area contributed by atoms with Crippen molar-refractivity contribution >= 4 is 51.2 Å². The van der Waals surface area contributed by atoms with Crippen LogP contribution in [0.1, 0.15) is 19.4 Å². The number of aromatic amines is 1. The van der Waals surface area contributed by atoms with E-state index in [4.69, 9.17) is 16.3 Å². The van der Waals surface area contributed by atoms with Crippen molar-refractivity contribution in [2.75, 3.05) is 7.11 Å². The fraction of sp³-hybridized carbons (Fsp3) is 0.385. The van der Waals surface area contributed by atoms with Crippen LogP contribution in [0.5, 0.6) is 0 Å². The number of halogens is 2. The van der Waals surface area contributed by atoms with Crippen LogP contribution >= 0.6 is 34.2 Å². The summed E-state index contributed by atoms with van der Waals surface area (Å²) in [5, 5.41) is 0.444. The van der Waals surface area contributed by atoms with E-state index >= 15 is 0 Å². The highest BCUT2D eigenvalue weighted by atomic mass is 127. The first-order valence-electron chi connectivity index (χ1n) is 5.76. The van der Waals surface area contributed by atoms with Crippen molar-refractivity contribution in [1.82, 2.24) is 9.97 Å². The maximum atomic E-state index is 11.8. The molecule has 102 valence electrons. The van der Waals surface area contributed by atoms with E-state index < -0.39 is 5.41 Å². The van der Waals surface area contributed by atoms with Crippen LogP contribution in [-0.2, 0) is 16.0 Å².